The molecule has 4 amide bonds. The Kier molecular flexibility index (Phi) is 7.34. The number of nitrogens with one attached hydrogen (secondary N) is 1. The number of benzene rings is 3. The van der Waals surface area contributed by atoms with Crippen LogP contribution >= 0.6 is 50.1 Å². The maximum atomic E-state index is 13.9. The molecule has 1 N–H and O–H groups in total. The summed E-state index contributed by atoms with van der Waals surface area (Å²) in [7, 11) is 0. The van der Waals surface area contributed by atoms with Gasteiger partial charge in [0.05, 0.1) is 13.7 Å². The monoisotopic (exact) mass is 654 g/mol. The summed E-state index contributed by atoms with van der Waals surface area (Å²) in [6, 6.07) is 14.9. The maximum absolute atomic E-state index is 13.9. The molecule has 1 aliphatic heterocycles. The fourth-order valence-corrected chi connectivity index (χ4v) is 5.11. The van der Waals surface area contributed by atoms with E-state index in [0.29, 0.717) is 29.9 Å². The lowest BCUT2D eigenvalue weighted by Gasteiger charge is -2.26. The summed E-state index contributed by atoms with van der Waals surface area (Å²) < 4.78 is 20.9. The fourth-order valence-electron chi connectivity index (χ4n) is 3.21. The standard InChI is InChI=1S/C24H14BrClFIN2O4/c25-18-10-13(11-20(28)21(18)34-12-14-3-1-2-4-19(14)27)9-17-22(31)29-24(33)30(23(17)32)16-7-5-15(26)6-8-16/h1-11H,12H2,(H,29,31,33)/b17-9+. The molecule has 172 valence electrons. The van der Waals surface area contributed by atoms with E-state index in [4.69, 9.17) is 16.3 Å². The third-order valence-electron chi connectivity index (χ3n) is 4.85. The Morgan fingerprint density at radius 1 is 1.09 bits per heavy atom. The van der Waals surface area contributed by atoms with Crippen molar-refractivity contribution < 1.29 is 23.5 Å². The Morgan fingerprint density at radius 2 is 1.79 bits per heavy atom. The molecule has 1 saturated heterocycles. The summed E-state index contributed by atoms with van der Waals surface area (Å²) in [6.07, 6.45) is 1.39. The molecule has 1 fully saturated rings. The zero-order valence-corrected chi connectivity index (χ0v) is 21.6. The van der Waals surface area contributed by atoms with Crippen LogP contribution in [0.25, 0.3) is 6.08 Å². The highest BCUT2D eigenvalue weighted by atomic mass is 127. The second kappa shape index (κ2) is 10.2. The number of amides is 4. The highest BCUT2D eigenvalue weighted by Crippen LogP contribution is 2.34. The van der Waals surface area contributed by atoms with Gasteiger partial charge in [-0.15, -0.1) is 0 Å². The van der Waals surface area contributed by atoms with Crippen LogP contribution < -0.4 is 15.0 Å². The number of anilines is 1. The van der Waals surface area contributed by atoms with Gasteiger partial charge in [0.15, 0.2) is 0 Å². The molecule has 0 spiro atoms. The Morgan fingerprint density at radius 3 is 2.47 bits per heavy atom. The Labute approximate surface area is 221 Å². The zero-order valence-electron chi connectivity index (χ0n) is 17.2. The molecule has 0 unspecified atom stereocenters. The molecule has 0 atom stereocenters. The largest absolute Gasteiger partial charge is 0.486 e. The molecule has 1 heterocycles. The number of nitrogens with zero attached hydrogens (tertiary/aromatic N) is 1. The number of hydrogen-bond acceptors (Lipinski definition) is 4. The lowest BCUT2D eigenvalue weighted by Crippen LogP contribution is -2.54. The van der Waals surface area contributed by atoms with E-state index < -0.39 is 17.8 Å². The van der Waals surface area contributed by atoms with Gasteiger partial charge in [-0.3, -0.25) is 14.9 Å². The van der Waals surface area contributed by atoms with Crippen LogP contribution in [0.5, 0.6) is 5.75 Å². The highest BCUT2D eigenvalue weighted by Gasteiger charge is 2.36. The van der Waals surface area contributed by atoms with Crippen molar-refractivity contribution in [1.82, 2.24) is 5.32 Å². The predicted octanol–water partition coefficient (Wildman–Crippen LogP) is 6.09. The van der Waals surface area contributed by atoms with Gasteiger partial charge >= 0.3 is 6.03 Å². The van der Waals surface area contributed by atoms with E-state index in [-0.39, 0.29) is 23.7 Å². The van der Waals surface area contributed by atoms with Gasteiger partial charge in [-0.2, -0.15) is 0 Å². The van der Waals surface area contributed by atoms with E-state index in [9.17, 15) is 18.8 Å². The second-order valence-corrected chi connectivity index (χ2v) is 9.58. The van der Waals surface area contributed by atoms with Crippen molar-refractivity contribution in [2.75, 3.05) is 4.90 Å². The number of carbonyl (C=O) groups excluding carboxylic acids is 3. The molecule has 4 rings (SSSR count). The molecule has 0 radical (unpaired) electrons. The number of hydrogen-bond donors (Lipinski definition) is 1. The molecule has 34 heavy (non-hydrogen) atoms. The average Bonchev–Trinajstić information content (AvgIpc) is 2.78. The Bertz CT molecular complexity index is 1320. The summed E-state index contributed by atoms with van der Waals surface area (Å²) in [6.45, 7) is 0.0285. The fraction of sp³-hybridized carbons (Fsp3) is 0.0417. The van der Waals surface area contributed by atoms with Gasteiger partial charge in [0.1, 0.15) is 23.7 Å². The second-order valence-electron chi connectivity index (χ2n) is 7.13. The van der Waals surface area contributed by atoms with Crippen LogP contribution in [0.15, 0.2) is 70.7 Å². The van der Waals surface area contributed by atoms with Crippen LogP contribution in [-0.4, -0.2) is 17.8 Å². The summed E-state index contributed by atoms with van der Waals surface area (Å²) in [5, 5.41) is 2.62. The van der Waals surface area contributed by atoms with Gasteiger partial charge in [-0.25, -0.2) is 14.1 Å². The van der Waals surface area contributed by atoms with Crippen molar-refractivity contribution >= 4 is 79.7 Å². The van der Waals surface area contributed by atoms with E-state index in [2.05, 4.69) is 21.2 Å². The van der Waals surface area contributed by atoms with Crippen molar-refractivity contribution in [3.05, 3.63) is 96.2 Å². The number of urea groups is 1. The number of imide groups is 2. The minimum absolute atomic E-state index is 0.0285. The van der Waals surface area contributed by atoms with Crippen molar-refractivity contribution in [2.24, 2.45) is 0 Å². The Balaban J connectivity index is 1.61. The van der Waals surface area contributed by atoms with Crippen LogP contribution in [0.1, 0.15) is 11.1 Å². The summed E-state index contributed by atoms with van der Waals surface area (Å²) in [5.41, 5.74) is 1.00. The van der Waals surface area contributed by atoms with Crippen LogP contribution in [0.2, 0.25) is 5.02 Å². The SMILES string of the molecule is O=C1NC(=O)N(c2ccc(Cl)cc2)C(=O)/C1=C/c1cc(Br)c(OCc2ccccc2F)c(I)c1. The number of halogens is 4. The van der Waals surface area contributed by atoms with E-state index in [1.165, 1.54) is 36.4 Å². The summed E-state index contributed by atoms with van der Waals surface area (Å²) in [5.74, 6) is -1.44. The number of rotatable bonds is 5. The van der Waals surface area contributed by atoms with Gasteiger partial charge in [-0.1, -0.05) is 29.8 Å². The first-order valence-corrected chi connectivity index (χ1v) is 12.0. The first-order chi connectivity index (χ1) is 16.2. The van der Waals surface area contributed by atoms with Crippen molar-refractivity contribution in [3.8, 4) is 5.75 Å². The molecule has 0 saturated carbocycles. The molecule has 0 bridgehead atoms. The van der Waals surface area contributed by atoms with E-state index >= 15 is 0 Å². The van der Waals surface area contributed by atoms with Crippen LogP contribution in [0.4, 0.5) is 14.9 Å². The third kappa shape index (κ3) is 5.16. The lowest BCUT2D eigenvalue weighted by molar-refractivity contribution is -0.122. The number of ether oxygens (including phenoxy) is 1. The van der Waals surface area contributed by atoms with Gasteiger partial charge < -0.3 is 4.74 Å². The molecule has 1 aliphatic rings. The molecule has 3 aromatic rings. The maximum Gasteiger partial charge on any atom is 0.335 e. The molecular weight excluding hydrogens is 642 g/mol. The Hall–Kier alpha value is -2.76. The van der Waals surface area contributed by atoms with Gasteiger partial charge in [0.25, 0.3) is 11.8 Å². The smallest absolute Gasteiger partial charge is 0.335 e. The molecule has 10 heteroatoms. The highest BCUT2D eigenvalue weighted by molar-refractivity contribution is 14.1. The summed E-state index contributed by atoms with van der Waals surface area (Å²) in [4.78, 5) is 38.7. The predicted molar refractivity (Wildman–Crippen MR) is 138 cm³/mol. The topological polar surface area (TPSA) is 75.7 Å². The molecule has 3 aromatic carbocycles. The van der Waals surface area contributed by atoms with E-state index in [1.54, 1.807) is 30.3 Å². The minimum Gasteiger partial charge on any atom is -0.486 e. The molecule has 6 nitrogen and oxygen atoms in total. The van der Waals surface area contributed by atoms with Gasteiger partial charge in [0.2, 0.25) is 0 Å². The van der Waals surface area contributed by atoms with Crippen molar-refractivity contribution in [3.63, 3.8) is 0 Å². The van der Waals surface area contributed by atoms with E-state index in [0.717, 1.165) is 4.90 Å². The third-order valence-corrected chi connectivity index (χ3v) is 6.49. The first-order valence-electron chi connectivity index (χ1n) is 9.77. The van der Waals surface area contributed by atoms with Gasteiger partial charge in [0, 0.05) is 10.6 Å². The van der Waals surface area contributed by atoms with Crippen molar-refractivity contribution in [2.45, 2.75) is 6.61 Å². The quantitative estimate of drug-likeness (QED) is 0.205. The normalized spacial score (nSPS) is 15.0. The van der Waals surface area contributed by atoms with Crippen LogP contribution in [0.3, 0.4) is 0 Å². The average molecular weight is 656 g/mol. The zero-order chi connectivity index (χ0) is 24.4. The molecule has 0 aliphatic carbocycles. The minimum atomic E-state index is -0.845. The van der Waals surface area contributed by atoms with Crippen LogP contribution in [-0.2, 0) is 16.2 Å². The lowest BCUT2D eigenvalue weighted by atomic mass is 10.1. The molecular formula is C24H14BrClFIN2O4. The first kappa shape index (κ1) is 24.4. The van der Waals surface area contributed by atoms with Crippen LogP contribution in [0, 0.1) is 9.39 Å². The summed E-state index contributed by atoms with van der Waals surface area (Å²) >= 11 is 11.4. The molecule has 0 aromatic heterocycles. The van der Waals surface area contributed by atoms with Crippen molar-refractivity contribution in [1.29, 1.82) is 0 Å². The van der Waals surface area contributed by atoms with E-state index in [1.807, 2.05) is 22.6 Å². The number of barbiturate groups is 1. The number of carbonyl (C=O) groups is 3. The van der Waals surface area contributed by atoms with Gasteiger partial charge in [-0.05, 0) is 92.6 Å².